The van der Waals surface area contributed by atoms with Gasteiger partial charge in [0.25, 0.3) is 0 Å². The first-order valence-corrected chi connectivity index (χ1v) is 8.17. The molecule has 0 saturated carbocycles. The van der Waals surface area contributed by atoms with Crippen LogP contribution in [0.3, 0.4) is 0 Å². The number of carbonyl (C=O) groups excluding carboxylic acids is 2. The molecule has 0 spiro atoms. The average Bonchev–Trinajstić information content (AvgIpc) is 3.03. The molecule has 0 aliphatic rings. The van der Waals surface area contributed by atoms with Crippen LogP contribution in [0, 0.1) is 0 Å². The minimum absolute atomic E-state index is 0.165. The van der Waals surface area contributed by atoms with Crippen LogP contribution in [0.5, 0.6) is 5.75 Å². The SMILES string of the molecule is COCCOc1c(Cl)cccc1NC(=O)Nc1ccn(CCC(N)=O)n1. The second-order valence-electron chi connectivity index (χ2n) is 5.22. The van der Waals surface area contributed by atoms with E-state index < -0.39 is 11.9 Å². The first-order chi connectivity index (χ1) is 12.5. The van der Waals surface area contributed by atoms with Gasteiger partial charge in [0.1, 0.15) is 6.61 Å². The highest BCUT2D eigenvalue weighted by Gasteiger charge is 2.12. The van der Waals surface area contributed by atoms with Crippen LogP contribution in [0.2, 0.25) is 5.02 Å². The zero-order chi connectivity index (χ0) is 18.9. The molecule has 2 rings (SSSR count). The van der Waals surface area contributed by atoms with E-state index in [-0.39, 0.29) is 6.42 Å². The Labute approximate surface area is 155 Å². The molecule has 0 radical (unpaired) electrons. The van der Waals surface area contributed by atoms with Crippen LogP contribution in [0.25, 0.3) is 0 Å². The second kappa shape index (κ2) is 9.64. The van der Waals surface area contributed by atoms with Crippen molar-refractivity contribution in [3.8, 4) is 5.75 Å². The van der Waals surface area contributed by atoms with Crippen molar-refractivity contribution in [2.75, 3.05) is 31.0 Å². The number of carbonyl (C=O) groups is 2. The Balaban J connectivity index is 1.97. The van der Waals surface area contributed by atoms with Gasteiger partial charge in [0.05, 0.1) is 17.3 Å². The number of urea groups is 1. The number of nitrogens with zero attached hydrogens (tertiary/aromatic N) is 2. The third-order valence-electron chi connectivity index (χ3n) is 3.22. The third-order valence-corrected chi connectivity index (χ3v) is 3.52. The standard InChI is InChI=1S/C16H20ClN5O4/c1-25-9-10-26-15-11(17)3-2-4-12(15)19-16(24)20-14-6-8-22(21-14)7-5-13(18)23/h2-4,6,8H,5,7,9-10H2,1H3,(H2,18,23)(H2,19,20,21,24). The summed E-state index contributed by atoms with van der Waals surface area (Å²) in [5.74, 6) is 0.263. The number of nitrogens with two attached hydrogens (primary N) is 1. The van der Waals surface area contributed by atoms with E-state index in [9.17, 15) is 9.59 Å². The Hall–Kier alpha value is -2.78. The van der Waals surface area contributed by atoms with E-state index in [1.165, 1.54) is 4.68 Å². The van der Waals surface area contributed by atoms with Crippen molar-refractivity contribution in [3.05, 3.63) is 35.5 Å². The van der Waals surface area contributed by atoms with Gasteiger partial charge in [-0.25, -0.2) is 4.79 Å². The van der Waals surface area contributed by atoms with E-state index in [4.69, 9.17) is 26.8 Å². The predicted molar refractivity (Wildman–Crippen MR) is 97.5 cm³/mol. The van der Waals surface area contributed by atoms with Gasteiger partial charge >= 0.3 is 6.03 Å². The van der Waals surface area contributed by atoms with E-state index in [1.54, 1.807) is 37.6 Å². The summed E-state index contributed by atoms with van der Waals surface area (Å²) in [6.07, 6.45) is 1.80. The number of methoxy groups -OCH3 is 1. The Morgan fingerprint density at radius 1 is 1.27 bits per heavy atom. The number of anilines is 2. The normalized spacial score (nSPS) is 10.4. The summed E-state index contributed by atoms with van der Waals surface area (Å²) < 4.78 is 12.0. The molecule has 0 atom stereocenters. The summed E-state index contributed by atoms with van der Waals surface area (Å²) in [6.45, 7) is 1.02. The van der Waals surface area contributed by atoms with Gasteiger partial charge in [-0.3, -0.25) is 14.8 Å². The molecule has 140 valence electrons. The van der Waals surface area contributed by atoms with Crippen molar-refractivity contribution in [2.45, 2.75) is 13.0 Å². The van der Waals surface area contributed by atoms with Crippen molar-refractivity contribution >= 4 is 35.0 Å². The maximum Gasteiger partial charge on any atom is 0.325 e. The number of para-hydroxylation sites is 1. The van der Waals surface area contributed by atoms with Gasteiger partial charge in [-0.2, -0.15) is 5.10 Å². The smallest absolute Gasteiger partial charge is 0.325 e. The Morgan fingerprint density at radius 2 is 2.08 bits per heavy atom. The molecule has 1 aromatic carbocycles. The van der Waals surface area contributed by atoms with Gasteiger partial charge in [-0.05, 0) is 12.1 Å². The molecule has 9 nitrogen and oxygen atoms in total. The molecule has 0 fully saturated rings. The lowest BCUT2D eigenvalue weighted by atomic mass is 10.3. The molecule has 10 heteroatoms. The minimum Gasteiger partial charge on any atom is -0.487 e. The van der Waals surface area contributed by atoms with Crippen LogP contribution in [0.1, 0.15) is 6.42 Å². The number of aryl methyl sites for hydroxylation is 1. The third kappa shape index (κ3) is 5.94. The molecule has 0 unspecified atom stereocenters. The van der Waals surface area contributed by atoms with Crippen molar-refractivity contribution in [1.82, 2.24) is 9.78 Å². The number of hydrogen-bond acceptors (Lipinski definition) is 5. The maximum absolute atomic E-state index is 12.2. The summed E-state index contributed by atoms with van der Waals surface area (Å²) in [5, 5.41) is 9.75. The number of primary amides is 1. The van der Waals surface area contributed by atoms with Gasteiger partial charge in [-0.1, -0.05) is 17.7 Å². The first-order valence-electron chi connectivity index (χ1n) is 7.79. The lowest BCUT2D eigenvalue weighted by Crippen LogP contribution is -2.21. The Morgan fingerprint density at radius 3 is 2.81 bits per heavy atom. The van der Waals surface area contributed by atoms with Gasteiger partial charge in [0, 0.05) is 32.3 Å². The molecular formula is C16H20ClN5O4. The fourth-order valence-corrected chi connectivity index (χ4v) is 2.26. The van der Waals surface area contributed by atoms with Crippen molar-refractivity contribution in [2.24, 2.45) is 5.73 Å². The molecule has 2 aromatic rings. The van der Waals surface area contributed by atoms with Crippen molar-refractivity contribution in [1.29, 1.82) is 0 Å². The van der Waals surface area contributed by atoms with Crippen LogP contribution in [0.4, 0.5) is 16.3 Å². The van der Waals surface area contributed by atoms with E-state index in [1.807, 2.05) is 0 Å². The fourth-order valence-electron chi connectivity index (χ4n) is 2.03. The Bertz CT molecular complexity index is 765. The van der Waals surface area contributed by atoms with E-state index in [0.29, 0.717) is 42.0 Å². The van der Waals surface area contributed by atoms with Crippen molar-refractivity contribution in [3.63, 3.8) is 0 Å². The van der Waals surface area contributed by atoms with Crippen molar-refractivity contribution < 1.29 is 19.1 Å². The molecule has 4 N–H and O–H groups in total. The number of halogens is 1. The zero-order valence-corrected chi connectivity index (χ0v) is 15.0. The maximum atomic E-state index is 12.2. The largest absolute Gasteiger partial charge is 0.487 e. The number of benzene rings is 1. The highest BCUT2D eigenvalue weighted by atomic mass is 35.5. The van der Waals surface area contributed by atoms with Gasteiger partial charge < -0.3 is 20.5 Å². The summed E-state index contributed by atoms with van der Waals surface area (Å²) in [4.78, 5) is 23.0. The summed E-state index contributed by atoms with van der Waals surface area (Å²) in [7, 11) is 1.56. The van der Waals surface area contributed by atoms with Crippen LogP contribution >= 0.6 is 11.6 Å². The zero-order valence-electron chi connectivity index (χ0n) is 14.2. The topological polar surface area (TPSA) is 121 Å². The summed E-state index contributed by atoms with van der Waals surface area (Å²) >= 11 is 6.12. The number of hydrogen-bond donors (Lipinski definition) is 3. The van der Waals surface area contributed by atoms with E-state index in [0.717, 1.165) is 0 Å². The molecule has 0 aliphatic heterocycles. The lowest BCUT2D eigenvalue weighted by Gasteiger charge is -2.13. The molecule has 26 heavy (non-hydrogen) atoms. The molecule has 0 bridgehead atoms. The second-order valence-corrected chi connectivity index (χ2v) is 5.62. The average molecular weight is 382 g/mol. The van der Waals surface area contributed by atoms with Gasteiger partial charge in [0.15, 0.2) is 11.6 Å². The van der Waals surface area contributed by atoms with Gasteiger partial charge in [0.2, 0.25) is 5.91 Å². The molecule has 0 saturated heterocycles. The highest BCUT2D eigenvalue weighted by Crippen LogP contribution is 2.32. The molecule has 3 amide bonds. The molecular weight excluding hydrogens is 362 g/mol. The molecule has 1 aromatic heterocycles. The monoisotopic (exact) mass is 381 g/mol. The van der Waals surface area contributed by atoms with Crippen LogP contribution in [-0.2, 0) is 16.1 Å². The first kappa shape index (κ1) is 19.5. The number of nitrogens with one attached hydrogen (secondary N) is 2. The fraction of sp³-hybridized carbons (Fsp3) is 0.312. The van der Waals surface area contributed by atoms with E-state index >= 15 is 0 Å². The predicted octanol–water partition coefficient (Wildman–Crippen LogP) is 2.08. The Kier molecular flexibility index (Phi) is 7.24. The van der Waals surface area contributed by atoms with Crippen LogP contribution in [0.15, 0.2) is 30.5 Å². The molecule has 0 aliphatic carbocycles. The molecule has 1 heterocycles. The number of rotatable bonds is 9. The van der Waals surface area contributed by atoms with Crippen LogP contribution in [-0.4, -0.2) is 42.0 Å². The van der Waals surface area contributed by atoms with Crippen LogP contribution < -0.4 is 21.1 Å². The minimum atomic E-state index is -0.510. The van der Waals surface area contributed by atoms with Gasteiger partial charge in [-0.15, -0.1) is 0 Å². The number of ether oxygens (including phenoxy) is 2. The summed E-state index contributed by atoms with van der Waals surface area (Å²) in [5.41, 5.74) is 5.51. The highest BCUT2D eigenvalue weighted by molar-refractivity contribution is 6.32. The van der Waals surface area contributed by atoms with E-state index in [2.05, 4.69) is 15.7 Å². The quantitative estimate of drug-likeness (QED) is 0.574. The number of aromatic nitrogens is 2. The summed E-state index contributed by atoms with van der Waals surface area (Å²) in [6, 6.07) is 6.12. The lowest BCUT2D eigenvalue weighted by molar-refractivity contribution is -0.118. The number of amides is 3.